The van der Waals surface area contributed by atoms with Crippen LogP contribution in [0.4, 0.5) is 0 Å². The first-order valence-corrected chi connectivity index (χ1v) is 9.76. The minimum Gasteiger partial charge on any atom is -0.491 e. The molecule has 3 aliphatic rings. The Hall–Kier alpha value is -2.86. The second-order valence-corrected chi connectivity index (χ2v) is 7.78. The molecule has 2 aromatic rings. The van der Waals surface area contributed by atoms with Crippen LogP contribution in [-0.2, 0) is 0 Å². The van der Waals surface area contributed by atoms with Gasteiger partial charge in [-0.3, -0.25) is 9.59 Å². The van der Waals surface area contributed by atoms with E-state index in [1.54, 1.807) is 13.1 Å². The van der Waals surface area contributed by atoms with Crippen LogP contribution >= 0.6 is 0 Å². The molecule has 0 bridgehead atoms. The first kappa shape index (κ1) is 17.3. The van der Waals surface area contributed by atoms with Crippen LogP contribution in [0.25, 0.3) is 0 Å². The zero-order valence-corrected chi connectivity index (χ0v) is 15.7. The van der Waals surface area contributed by atoms with Gasteiger partial charge in [0.15, 0.2) is 0 Å². The van der Waals surface area contributed by atoms with Crippen molar-refractivity contribution in [3.63, 3.8) is 0 Å². The largest absolute Gasteiger partial charge is 0.491 e. The predicted molar refractivity (Wildman–Crippen MR) is 105 cm³/mol. The van der Waals surface area contributed by atoms with Crippen molar-refractivity contribution in [3.05, 3.63) is 64.7 Å². The molecule has 6 heteroatoms. The molecule has 2 amide bonds. The molecular formula is C22H23N3O3. The third-order valence-electron chi connectivity index (χ3n) is 6.21. The highest BCUT2D eigenvalue weighted by Gasteiger charge is 2.53. The molecule has 28 heavy (non-hydrogen) atoms. The number of hydrogen-bond donors (Lipinski definition) is 3. The van der Waals surface area contributed by atoms with Gasteiger partial charge in [0.2, 0.25) is 0 Å². The second kappa shape index (κ2) is 6.63. The molecule has 1 aliphatic carbocycles. The van der Waals surface area contributed by atoms with Gasteiger partial charge in [0.1, 0.15) is 5.75 Å². The fraction of sp³-hybridized carbons (Fsp3) is 0.364. The number of carbonyl (C=O) groups is 2. The van der Waals surface area contributed by atoms with Gasteiger partial charge in [-0.15, -0.1) is 0 Å². The van der Waals surface area contributed by atoms with Crippen molar-refractivity contribution < 1.29 is 14.3 Å². The van der Waals surface area contributed by atoms with Gasteiger partial charge in [0.25, 0.3) is 11.8 Å². The fourth-order valence-electron chi connectivity index (χ4n) is 4.59. The molecule has 3 unspecified atom stereocenters. The zero-order valence-electron chi connectivity index (χ0n) is 15.7. The van der Waals surface area contributed by atoms with Gasteiger partial charge in [0, 0.05) is 43.2 Å². The highest BCUT2D eigenvalue weighted by atomic mass is 16.5. The number of ether oxygens (including phenoxy) is 1. The Balaban J connectivity index is 1.50. The van der Waals surface area contributed by atoms with E-state index in [1.807, 2.05) is 36.4 Å². The van der Waals surface area contributed by atoms with Crippen LogP contribution in [0.2, 0.25) is 0 Å². The summed E-state index contributed by atoms with van der Waals surface area (Å²) in [5.74, 6) is 1.31. The van der Waals surface area contributed by atoms with E-state index in [0.29, 0.717) is 35.3 Å². The first-order chi connectivity index (χ1) is 13.7. The summed E-state index contributed by atoms with van der Waals surface area (Å²) in [7, 11) is 1.59. The molecule has 2 aliphatic heterocycles. The van der Waals surface area contributed by atoms with Crippen LogP contribution in [0.1, 0.15) is 37.8 Å². The molecule has 3 atom stereocenters. The summed E-state index contributed by atoms with van der Waals surface area (Å²) in [6.45, 7) is 2.40. The standard InChI is InChI=1S/C22H23N3O3/c1-23-22(27)15-8-13(21(26)25-19-16-9-24-10-17(16)19)7-14-18(11-28-20(14)15)12-5-3-2-4-6-12/h2-8,16-19,24H,9-11H2,1H3,(H,23,27)(H,25,26). The van der Waals surface area contributed by atoms with Gasteiger partial charge in [-0.2, -0.15) is 0 Å². The second-order valence-electron chi connectivity index (χ2n) is 7.78. The lowest BCUT2D eigenvalue weighted by Gasteiger charge is -2.13. The van der Waals surface area contributed by atoms with E-state index in [-0.39, 0.29) is 23.8 Å². The van der Waals surface area contributed by atoms with E-state index in [2.05, 4.69) is 16.0 Å². The van der Waals surface area contributed by atoms with Crippen molar-refractivity contribution >= 4 is 11.8 Å². The first-order valence-electron chi connectivity index (χ1n) is 9.76. The number of benzene rings is 2. The molecule has 2 fully saturated rings. The average molecular weight is 377 g/mol. The van der Waals surface area contributed by atoms with Gasteiger partial charge in [-0.05, 0) is 29.5 Å². The number of hydrogen-bond acceptors (Lipinski definition) is 4. The Kier molecular flexibility index (Phi) is 4.09. The SMILES string of the molecule is CNC(=O)c1cc(C(=O)NC2C3CNCC32)cc2c1OCC2c1ccccc1. The predicted octanol–water partition coefficient (Wildman–Crippen LogP) is 1.52. The minimum absolute atomic E-state index is 0.0110. The smallest absolute Gasteiger partial charge is 0.254 e. The van der Waals surface area contributed by atoms with Crippen molar-refractivity contribution in [3.8, 4) is 5.75 Å². The average Bonchev–Trinajstić information content (AvgIpc) is 3.10. The third-order valence-corrected chi connectivity index (χ3v) is 6.21. The lowest BCUT2D eigenvalue weighted by atomic mass is 9.90. The van der Waals surface area contributed by atoms with Crippen molar-refractivity contribution in [2.75, 3.05) is 26.7 Å². The zero-order chi connectivity index (χ0) is 19.3. The summed E-state index contributed by atoms with van der Waals surface area (Å²) in [6.07, 6.45) is 0. The van der Waals surface area contributed by atoms with E-state index in [1.165, 1.54) is 0 Å². The third kappa shape index (κ3) is 2.76. The lowest BCUT2D eigenvalue weighted by Crippen LogP contribution is -2.32. The number of piperidine rings is 1. The molecule has 3 N–H and O–H groups in total. The number of rotatable bonds is 4. The van der Waals surface area contributed by atoms with E-state index in [4.69, 9.17) is 4.74 Å². The summed E-state index contributed by atoms with van der Waals surface area (Å²) in [6, 6.07) is 13.8. The molecular weight excluding hydrogens is 354 g/mol. The minimum atomic E-state index is -0.243. The van der Waals surface area contributed by atoms with Crippen LogP contribution in [0.15, 0.2) is 42.5 Å². The maximum absolute atomic E-state index is 12.9. The molecule has 1 saturated carbocycles. The molecule has 0 spiro atoms. The Bertz CT molecular complexity index is 934. The van der Waals surface area contributed by atoms with Gasteiger partial charge in [-0.25, -0.2) is 0 Å². The Morgan fingerprint density at radius 1 is 1.07 bits per heavy atom. The van der Waals surface area contributed by atoms with Crippen LogP contribution in [0, 0.1) is 11.8 Å². The Morgan fingerprint density at radius 2 is 1.82 bits per heavy atom. The summed E-state index contributed by atoms with van der Waals surface area (Å²) in [5.41, 5.74) is 2.95. The molecule has 1 saturated heterocycles. The highest BCUT2D eigenvalue weighted by Crippen LogP contribution is 2.43. The van der Waals surface area contributed by atoms with Gasteiger partial charge < -0.3 is 20.7 Å². The van der Waals surface area contributed by atoms with E-state index >= 15 is 0 Å². The van der Waals surface area contributed by atoms with Crippen molar-refractivity contribution in [1.29, 1.82) is 0 Å². The van der Waals surface area contributed by atoms with Gasteiger partial charge >= 0.3 is 0 Å². The monoisotopic (exact) mass is 377 g/mol. The van der Waals surface area contributed by atoms with Crippen LogP contribution in [-0.4, -0.2) is 44.6 Å². The van der Waals surface area contributed by atoms with Crippen LogP contribution in [0.3, 0.4) is 0 Å². The normalized spacial score (nSPS) is 26.8. The molecule has 0 aromatic heterocycles. The van der Waals surface area contributed by atoms with Crippen molar-refractivity contribution in [1.82, 2.24) is 16.0 Å². The maximum Gasteiger partial charge on any atom is 0.254 e. The molecule has 2 heterocycles. The molecule has 2 aromatic carbocycles. The summed E-state index contributed by atoms with van der Waals surface area (Å²) >= 11 is 0. The summed E-state index contributed by atoms with van der Waals surface area (Å²) in [4.78, 5) is 25.4. The molecule has 6 nitrogen and oxygen atoms in total. The van der Waals surface area contributed by atoms with E-state index < -0.39 is 0 Å². The fourth-order valence-corrected chi connectivity index (χ4v) is 4.59. The van der Waals surface area contributed by atoms with Crippen molar-refractivity contribution in [2.24, 2.45) is 11.8 Å². The number of fused-ring (bicyclic) bond motifs is 2. The van der Waals surface area contributed by atoms with Crippen molar-refractivity contribution in [2.45, 2.75) is 12.0 Å². The van der Waals surface area contributed by atoms with Gasteiger partial charge in [0.05, 0.1) is 12.2 Å². The van der Waals surface area contributed by atoms with Crippen LogP contribution < -0.4 is 20.7 Å². The molecule has 0 radical (unpaired) electrons. The van der Waals surface area contributed by atoms with Crippen LogP contribution in [0.5, 0.6) is 5.75 Å². The number of nitrogens with one attached hydrogen (secondary N) is 3. The number of amides is 2. The van der Waals surface area contributed by atoms with E-state index in [9.17, 15) is 9.59 Å². The lowest BCUT2D eigenvalue weighted by molar-refractivity contribution is 0.0946. The molecule has 5 rings (SSSR count). The maximum atomic E-state index is 12.9. The van der Waals surface area contributed by atoms with Gasteiger partial charge in [-0.1, -0.05) is 30.3 Å². The molecule has 144 valence electrons. The topological polar surface area (TPSA) is 79.5 Å². The highest BCUT2D eigenvalue weighted by molar-refractivity contribution is 6.02. The number of carbonyl (C=O) groups excluding carboxylic acids is 2. The Labute approximate surface area is 163 Å². The quantitative estimate of drug-likeness (QED) is 0.755. The van der Waals surface area contributed by atoms with E-state index in [0.717, 1.165) is 24.2 Å². The Morgan fingerprint density at radius 3 is 2.54 bits per heavy atom. The summed E-state index contributed by atoms with van der Waals surface area (Å²) < 4.78 is 5.91. The summed E-state index contributed by atoms with van der Waals surface area (Å²) in [5, 5.41) is 9.14.